The molecule has 0 bridgehead atoms. The quantitative estimate of drug-likeness (QED) is 0.852. The molecular formula is C12H14N2O2. The average Bonchev–Trinajstić information content (AvgIpc) is 2.71. The van der Waals surface area contributed by atoms with E-state index in [2.05, 4.69) is 5.10 Å². The summed E-state index contributed by atoms with van der Waals surface area (Å²) in [5.74, 6) is 0.816. The van der Waals surface area contributed by atoms with Crippen molar-refractivity contribution < 1.29 is 9.84 Å². The van der Waals surface area contributed by atoms with Crippen LogP contribution in [0.1, 0.15) is 11.4 Å². The highest BCUT2D eigenvalue weighted by Gasteiger charge is 2.05. The van der Waals surface area contributed by atoms with Crippen LogP contribution in [0, 0.1) is 6.92 Å². The maximum absolute atomic E-state index is 9.01. The molecule has 0 fully saturated rings. The summed E-state index contributed by atoms with van der Waals surface area (Å²) in [5.41, 5.74) is 2.63. The monoisotopic (exact) mass is 218 g/mol. The van der Waals surface area contributed by atoms with Crippen molar-refractivity contribution in [3.05, 3.63) is 41.7 Å². The molecule has 0 spiro atoms. The Hall–Kier alpha value is -1.81. The van der Waals surface area contributed by atoms with E-state index >= 15 is 0 Å². The van der Waals surface area contributed by atoms with Gasteiger partial charge in [-0.2, -0.15) is 5.10 Å². The Morgan fingerprint density at radius 1 is 1.31 bits per heavy atom. The van der Waals surface area contributed by atoms with Crippen LogP contribution >= 0.6 is 0 Å². The number of aliphatic hydroxyl groups is 1. The first-order valence-electron chi connectivity index (χ1n) is 5.05. The molecule has 1 aromatic carbocycles. The molecule has 0 saturated carbocycles. The Kier molecular flexibility index (Phi) is 2.92. The third-order valence-corrected chi connectivity index (χ3v) is 2.42. The highest BCUT2D eigenvalue weighted by Crippen LogP contribution is 2.16. The van der Waals surface area contributed by atoms with Crippen molar-refractivity contribution in [2.24, 2.45) is 0 Å². The van der Waals surface area contributed by atoms with Crippen molar-refractivity contribution >= 4 is 0 Å². The SMILES string of the molecule is COc1ccc(-n2nc(CO)cc2C)cc1. The lowest BCUT2D eigenvalue weighted by Gasteiger charge is -2.05. The van der Waals surface area contributed by atoms with Gasteiger partial charge >= 0.3 is 0 Å². The van der Waals surface area contributed by atoms with Gasteiger partial charge < -0.3 is 9.84 Å². The first-order chi connectivity index (χ1) is 7.74. The number of ether oxygens (including phenoxy) is 1. The number of methoxy groups -OCH3 is 1. The number of hydrogen-bond acceptors (Lipinski definition) is 3. The molecule has 4 nitrogen and oxygen atoms in total. The van der Waals surface area contributed by atoms with Crippen molar-refractivity contribution in [1.29, 1.82) is 0 Å². The van der Waals surface area contributed by atoms with E-state index in [1.165, 1.54) is 0 Å². The van der Waals surface area contributed by atoms with Crippen LogP contribution in [0.4, 0.5) is 0 Å². The van der Waals surface area contributed by atoms with Gasteiger partial charge in [-0.15, -0.1) is 0 Å². The summed E-state index contributed by atoms with van der Waals surface area (Å²) in [4.78, 5) is 0. The second-order valence-electron chi connectivity index (χ2n) is 3.54. The van der Waals surface area contributed by atoms with Crippen molar-refractivity contribution in [2.45, 2.75) is 13.5 Å². The lowest BCUT2D eigenvalue weighted by molar-refractivity contribution is 0.276. The Bertz CT molecular complexity index is 474. The number of nitrogens with zero attached hydrogens (tertiary/aromatic N) is 2. The van der Waals surface area contributed by atoms with Crippen molar-refractivity contribution in [3.8, 4) is 11.4 Å². The molecule has 0 aliphatic carbocycles. The third kappa shape index (κ3) is 1.92. The van der Waals surface area contributed by atoms with E-state index < -0.39 is 0 Å². The largest absolute Gasteiger partial charge is 0.497 e. The fraction of sp³-hybridized carbons (Fsp3) is 0.250. The minimum absolute atomic E-state index is 0.0377. The predicted molar refractivity (Wildman–Crippen MR) is 60.8 cm³/mol. The van der Waals surface area contributed by atoms with Crippen LogP contribution in [0.3, 0.4) is 0 Å². The Morgan fingerprint density at radius 3 is 2.50 bits per heavy atom. The minimum Gasteiger partial charge on any atom is -0.497 e. The van der Waals surface area contributed by atoms with E-state index in [9.17, 15) is 0 Å². The zero-order chi connectivity index (χ0) is 11.5. The molecule has 0 saturated heterocycles. The molecule has 4 heteroatoms. The molecule has 1 heterocycles. The molecule has 0 aliphatic heterocycles. The van der Waals surface area contributed by atoms with Crippen molar-refractivity contribution in [3.63, 3.8) is 0 Å². The normalized spacial score (nSPS) is 10.4. The summed E-state index contributed by atoms with van der Waals surface area (Å²) < 4.78 is 6.89. The van der Waals surface area contributed by atoms with Crippen molar-refractivity contribution in [2.75, 3.05) is 7.11 Å². The summed E-state index contributed by atoms with van der Waals surface area (Å²) >= 11 is 0. The summed E-state index contributed by atoms with van der Waals surface area (Å²) in [5, 5.41) is 13.3. The number of aliphatic hydroxyl groups excluding tert-OH is 1. The van der Waals surface area contributed by atoms with Gasteiger partial charge in [0.2, 0.25) is 0 Å². The fourth-order valence-electron chi connectivity index (χ4n) is 1.60. The van der Waals surface area contributed by atoms with Gasteiger partial charge in [0.15, 0.2) is 0 Å². The van der Waals surface area contributed by atoms with Gasteiger partial charge in [-0.25, -0.2) is 4.68 Å². The van der Waals surface area contributed by atoms with Gasteiger partial charge in [0.25, 0.3) is 0 Å². The number of aryl methyl sites for hydroxylation is 1. The topological polar surface area (TPSA) is 47.3 Å². The molecule has 16 heavy (non-hydrogen) atoms. The van der Waals surface area contributed by atoms with E-state index in [1.54, 1.807) is 11.8 Å². The number of benzene rings is 1. The van der Waals surface area contributed by atoms with Crippen LogP contribution in [0.15, 0.2) is 30.3 Å². The molecule has 2 rings (SSSR count). The fourth-order valence-corrected chi connectivity index (χ4v) is 1.60. The van der Waals surface area contributed by atoms with E-state index in [4.69, 9.17) is 9.84 Å². The molecule has 0 unspecified atom stereocenters. The Morgan fingerprint density at radius 2 is 2.00 bits per heavy atom. The zero-order valence-corrected chi connectivity index (χ0v) is 9.34. The molecular weight excluding hydrogens is 204 g/mol. The van der Waals surface area contributed by atoms with E-state index in [-0.39, 0.29) is 6.61 Å². The molecule has 0 amide bonds. The van der Waals surface area contributed by atoms with Gasteiger partial charge in [-0.3, -0.25) is 0 Å². The van der Waals surface area contributed by atoms with Crippen LogP contribution < -0.4 is 4.74 Å². The Balaban J connectivity index is 2.38. The number of aromatic nitrogens is 2. The van der Waals surface area contributed by atoms with Gasteiger partial charge in [0.05, 0.1) is 25.1 Å². The van der Waals surface area contributed by atoms with Crippen LogP contribution in [0.25, 0.3) is 5.69 Å². The summed E-state index contributed by atoms with van der Waals surface area (Å²) in [6.07, 6.45) is 0. The standard InChI is InChI=1S/C12H14N2O2/c1-9-7-10(8-15)13-14(9)11-3-5-12(16-2)6-4-11/h3-7,15H,8H2,1-2H3. The summed E-state index contributed by atoms with van der Waals surface area (Å²) in [6.45, 7) is 1.92. The Labute approximate surface area is 94.1 Å². The van der Waals surface area contributed by atoms with Gasteiger partial charge in [0.1, 0.15) is 5.75 Å². The van der Waals surface area contributed by atoms with Crippen LogP contribution in [-0.4, -0.2) is 22.0 Å². The summed E-state index contributed by atoms with van der Waals surface area (Å²) in [7, 11) is 1.64. The van der Waals surface area contributed by atoms with Crippen LogP contribution in [-0.2, 0) is 6.61 Å². The molecule has 2 aromatic rings. The van der Waals surface area contributed by atoms with Crippen molar-refractivity contribution in [1.82, 2.24) is 9.78 Å². The average molecular weight is 218 g/mol. The maximum atomic E-state index is 9.01. The maximum Gasteiger partial charge on any atom is 0.119 e. The second-order valence-corrected chi connectivity index (χ2v) is 3.54. The summed E-state index contributed by atoms with van der Waals surface area (Å²) in [6, 6.07) is 9.49. The number of rotatable bonds is 3. The van der Waals surface area contributed by atoms with Gasteiger partial charge in [0, 0.05) is 5.69 Å². The minimum atomic E-state index is -0.0377. The van der Waals surface area contributed by atoms with Gasteiger partial charge in [-0.05, 0) is 37.3 Å². The molecule has 0 atom stereocenters. The van der Waals surface area contributed by atoms with Gasteiger partial charge in [-0.1, -0.05) is 0 Å². The number of hydrogen-bond donors (Lipinski definition) is 1. The predicted octanol–water partition coefficient (Wildman–Crippen LogP) is 1.68. The van der Waals surface area contributed by atoms with E-state index in [0.717, 1.165) is 17.1 Å². The molecule has 1 N–H and O–H groups in total. The van der Waals surface area contributed by atoms with Crippen LogP contribution in [0.5, 0.6) is 5.75 Å². The molecule has 0 aliphatic rings. The third-order valence-electron chi connectivity index (χ3n) is 2.42. The van der Waals surface area contributed by atoms with Crippen LogP contribution in [0.2, 0.25) is 0 Å². The smallest absolute Gasteiger partial charge is 0.119 e. The lowest BCUT2D eigenvalue weighted by atomic mass is 10.3. The first kappa shape index (κ1) is 10.7. The molecule has 0 radical (unpaired) electrons. The lowest BCUT2D eigenvalue weighted by Crippen LogP contribution is -1.99. The molecule has 1 aromatic heterocycles. The first-order valence-corrected chi connectivity index (χ1v) is 5.05. The van der Waals surface area contributed by atoms with E-state index in [0.29, 0.717) is 5.69 Å². The highest BCUT2D eigenvalue weighted by atomic mass is 16.5. The molecule has 84 valence electrons. The zero-order valence-electron chi connectivity index (χ0n) is 9.34. The second kappa shape index (κ2) is 4.37. The highest BCUT2D eigenvalue weighted by molar-refractivity contribution is 5.38. The van der Waals surface area contributed by atoms with E-state index in [1.807, 2.05) is 37.3 Å².